The highest BCUT2D eigenvalue weighted by Gasteiger charge is 2.35. The van der Waals surface area contributed by atoms with Crippen molar-refractivity contribution >= 4 is 17.6 Å². The van der Waals surface area contributed by atoms with Gasteiger partial charge in [-0.15, -0.1) is 0 Å². The second kappa shape index (κ2) is 5.12. The molecule has 0 aromatic carbocycles. The summed E-state index contributed by atoms with van der Waals surface area (Å²) in [6.45, 7) is 2.06. The Bertz CT molecular complexity index is 451. The van der Waals surface area contributed by atoms with Crippen molar-refractivity contribution in [1.29, 1.82) is 0 Å². The van der Waals surface area contributed by atoms with E-state index in [4.69, 9.17) is 10.5 Å². The van der Waals surface area contributed by atoms with Crippen molar-refractivity contribution < 1.29 is 14.3 Å². The third-order valence-corrected chi connectivity index (χ3v) is 2.79. The van der Waals surface area contributed by atoms with Gasteiger partial charge in [-0.3, -0.25) is 9.59 Å². The van der Waals surface area contributed by atoms with E-state index in [1.54, 1.807) is 24.1 Å². The van der Waals surface area contributed by atoms with E-state index in [9.17, 15) is 9.59 Å². The molecule has 0 unspecified atom stereocenters. The van der Waals surface area contributed by atoms with Crippen molar-refractivity contribution in [3.63, 3.8) is 0 Å². The fourth-order valence-electron chi connectivity index (χ4n) is 1.79. The molecular formula is C12H17N3O3. The Hall–Kier alpha value is -1.98. The number of nitrogens with two attached hydrogens (primary N) is 1. The maximum absolute atomic E-state index is 12.2. The molecule has 0 aliphatic heterocycles. The van der Waals surface area contributed by atoms with Crippen LogP contribution >= 0.6 is 0 Å². The minimum absolute atomic E-state index is 0.00371. The first-order valence-electron chi connectivity index (χ1n) is 6.02. The molecule has 18 heavy (non-hydrogen) atoms. The Balaban J connectivity index is 2.05. The average molecular weight is 251 g/mol. The summed E-state index contributed by atoms with van der Waals surface area (Å²) in [5.74, 6) is -0.584. The highest BCUT2D eigenvalue weighted by atomic mass is 16.5. The number of amides is 1. The summed E-state index contributed by atoms with van der Waals surface area (Å²) in [6.07, 6.45) is 3.42. The molecule has 2 rings (SSSR count). The zero-order chi connectivity index (χ0) is 13.1. The fraction of sp³-hybridized carbons (Fsp3) is 0.500. The molecule has 1 aliphatic rings. The lowest BCUT2D eigenvalue weighted by Crippen LogP contribution is -2.38. The SMILES string of the molecule is CCOC(=O)CN(C(=O)c1cc(N)c[nH]1)C1CC1. The lowest BCUT2D eigenvalue weighted by atomic mass is 10.3. The van der Waals surface area contributed by atoms with E-state index in [1.165, 1.54) is 0 Å². The van der Waals surface area contributed by atoms with E-state index in [0.717, 1.165) is 12.8 Å². The number of hydrogen-bond donors (Lipinski definition) is 2. The minimum Gasteiger partial charge on any atom is -0.465 e. The van der Waals surface area contributed by atoms with Gasteiger partial charge in [-0.1, -0.05) is 0 Å². The maximum atomic E-state index is 12.2. The van der Waals surface area contributed by atoms with Crippen molar-refractivity contribution in [2.24, 2.45) is 0 Å². The molecule has 0 bridgehead atoms. The molecule has 0 radical (unpaired) electrons. The van der Waals surface area contributed by atoms with Gasteiger partial charge in [-0.25, -0.2) is 0 Å². The minimum atomic E-state index is -0.378. The second-order valence-electron chi connectivity index (χ2n) is 4.32. The Morgan fingerprint density at radius 3 is 2.78 bits per heavy atom. The van der Waals surface area contributed by atoms with Gasteiger partial charge in [0.2, 0.25) is 0 Å². The predicted octanol–water partition coefficient (Wildman–Crippen LogP) is 0.765. The van der Waals surface area contributed by atoms with E-state index in [1.807, 2.05) is 0 Å². The van der Waals surface area contributed by atoms with E-state index >= 15 is 0 Å². The summed E-state index contributed by atoms with van der Waals surface area (Å²) >= 11 is 0. The number of carbonyl (C=O) groups excluding carboxylic acids is 2. The molecule has 0 atom stereocenters. The van der Waals surface area contributed by atoms with Crippen LogP contribution in [0.4, 0.5) is 5.69 Å². The van der Waals surface area contributed by atoms with Crippen LogP contribution in [0.1, 0.15) is 30.3 Å². The van der Waals surface area contributed by atoms with Gasteiger partial charge in [-0.2, -0.15) is 0 Å². The normalized spacial score (nSPS) is 14.3. The topological polar surface area (TPSA) is 88.4 Å². The van der Waals surface area contributed by atoms with Crippen LogP contribution in [0.5, 0.6) is 0 Å². The van der Waals surface area contributed by atoms with Crippen molar-refractivity contribution in [2.75, 3.05) is 18.9 Å². The third-order valence-electron chi connectivity index (χ3n) is 2.79. The molecule has 1 amide bonds. The lowest BCUT2D eigenvalue weighted by molar-refractivity contribution is -0.144. The molecule has 0 saturated heterocycles. The number of aromatic nitrogens is 1. The Morgan fingerprint density at radius 2 is 2.28 bits per heavy atom. The molecule has 0 spiro atoms. The number of rotatable bonds is 5. The zero-order valence-electron chi connectivity index (χ0n) is 10.3. The molecule has 1 aromatic heterocycles. The number of nitrogens with zero attached hydrogens (tertiary/aromatic N) is 1. The third kappa shape index (κ3) is 2.82. The maximum Gasteiger partial charge on any atom is 0.325 e. The van der Waals surface area contributed by atoms with E-state index in [0.29, 0.717) is 18.0 Å². The number of hydrogen-bond acceptors (Lipinski definition) is 4. The largest absolute Gasteiger partial charge is 0.465 e. The number of esters is 1. The van der Waals surface area contributed by atoms with Crippen LogP contribution in [0.15, 0.2) is 12.3 Å². The molecule has 98 valence electrons. The molecule has 6 nitrogen and oxygen atoms in total. The fourth-order valence-corrected chi connectivity index (χ4v) is 1.79. The summed E-state index contributed by atoms with van der Waals surface area (Å²) in [4.78, 5) is 28.0. The first-order chi connectivity index (χ1) is 8.61. The summed E-state index contributed by atoms with van der Waals surface area (Å²) in [5, 5.41) is 0. The monoisotopic (exact) mass is 251 g/mol. The van der Waals surface area contributed by atoms with E-state index < -0.39 is 0 Å². The van der Waals surface area contributed by atoms with Gasteiger partial charge in [0.25, 0.3) is 5.91 Å². The quantitative estimate of drug-likeness (QED) is 0.756. The van der Waals surface area contributed by atoms with Crippen LogP contribution in [-0.2, 0) is 9.53 Å². The first-order valence-corrected chi connectivity index (χ1v) is 6.02. The highest BCUT2D eigenvalue weighted by molar-refractivity contribution is 5.95. The number of carbonyl (C=O) groups is 2. The summed E-state index contributed by atoms with van der Waals surface area (Å²) in [6, 6.07) is 1.72. The molecule has 6 heteroatoms. The molecule has 1 saturated carbocycles. The summed E-state index contributed by atoms with van der Waals surface area (Å²) in [5.41, 5.74) is 6.47. The molecule has 3 N–H and O–H groups in total. The van der Waals surface area contributed by atoms with Crippen LogP contribution in [0.2, 0.25) is 0 Å². The number of H-pyrrole nitrogens is 1. The second-order valence-corrected chi connectivity index (χ2v) is 4.32. The lowest BCUT2D eigenvalue weighted by Gasteiger charge is -2.20. The number of anilines is 1. The van der Waals surface area contributed by atoms with Crippen molar-refractivity contribution in [3.05, 3.63) is 18.0 Å². The van der Waals surface area contributed by atoms with Gasteiger partial charge >= 0.3 is 5.97 Å². The predicted molar refractivity (Wildman–Crippen MR) is 65.9 cm³/mol. The van der Waals surface area contributed by atoms with Crippen LogP contribution in [0, 0.1) is 0 Å². The van der Waals surface area contributed by atoms with Crippen molar-refractivity contribution in [2.45, 2.75) is 25.8 Å². The molecular weight excluding hydrogens is 234 g/mol. The average Bonchev–Trinajstić information content (AvgIpc) is 3.08. The van der Waals surface area contributed by atoms with Gasteiger partial charge in [-0.05, 0) is 25.8 Å². The first kappa shape index (κ1) is 12.5. The molecule has 1 fully saturated rings. The van der Waals surface area contributed by atoms with Crippen molar-refractivity contribution in [1.82, 2.24) is 9.88 Å². The van der Waals surface area contributed by atoms with Crippen LogP contribution in [0.3, 0.4) is 0 Å². The Morgan fingerprint density at radius 1 is 1.56 bits per heavy atom. The van der Waals surface area contributed by atoms with Gasteiger partial charge in [0, 0.05) is 17.9 Å². The number of aromatic amines is 1. The summed E-state index contributed by atoms with van der Waals surface area (Å²) in [7, 11) is 0. The van der Waals surface area contributed by atoms with E-state index in [2.05, 4.69) is 4.98 Å². The summed E-state index contributed by atoms with van der Waals surface area (Å²) < 4.78 is 4.87. The highest BCUT2D eigenvalue weighted by Crippen LogP contribution is 2.28. The van der Waals surface area contributed by atoms with Crippen LogP contribution in [0.25, 0.3) is 0 Å². The smallest absolute Gasteiger partial charge is 0.325 e. The van der Waals surface area contributed by atoms with Gasteiger partial charge in [0.15, 0.2) is 0 Å². The van der Waals surface area contributed by atoms with Gasteiger partial charge in [0.05, 0.1) is 6.61 Å². The van der Waals surface area contributed by atoms with Gasteiger partial charge < -0.3 is 20.4 Å². The molecule has 1 aromatic rings. The number of nitrogen functional groups attached to an aromatic ring is 1. The van der Waals surface area contributed by atoms with E-state index in [-0.39, 0.29) is 24.5 Å². The number of nitrogens with one attached hydrogen (secondary N) is 1. The van der Waals surface area contributed by atoms with Crippen molar-refractivity contribution in [3.8, 4) is 0 Å². The Labute approximate surface area is 105 Å². The Kier molecular flexibility index (Phi) is 3.55. The zero-order valence-corrected chi connectivity index (χ0v) is 10.3. The van der Waals surface area contributed by atoms with Crippen LogP contribution < -0.4 is 5.73 Å². The molecule has 1 aliphatic carbocycles. The van der Waals surface area contributed by atoms with Crippen LogP contribution in [-0.4, -0.2) is 41.0 Å². The number of ether oxygens (including phenoxy) is 1. The molecule has 1 heterocycles. The van der Waals surface area contributed by atoms with Gasteiger partial charge in [0.1, 0.15) is 12.2 Å². The standard InChI is InChI=1S/C12H17N3O3/c1-2-18-11(16)7-15(9-3-4-9)12(17)10-5-8(13)6-14-10/h5-6,9,14H,2-4,7,13H2,1H3.